The molecular weight excluding hydrogens is 218 g/mol. The molecule has 1 aromatic carbocycles. The van der Waals surface area contributed by atoms with Gasteiger partial charge in [-0.05, 0) is 18.2 Å². The number of anilines is 1. The Morgan fingerprint density at radius 1 is 1.21 bits per heavy atom. The third kappa shape index (κ3) is 3.87. The number of alkyl halides is 3. The Labute approximate surface area is 82.3 Å². The van der Waals surface area contributed by atoms with Crippen LogP contribution in [0.3, 0.4) is 0 Å². The number of nitrogens with two attached hydrogens (primary N) is 1. The van der Waals surface area contributed by atoms with Gasteiger partial charge in [-0.25, -0.2) is 4.39 Å². The van der Waals surface area contributed by atoms with E-state index in [1.165, 1.54) is 6.07 Å². The van der Waals surface area contributed by atoms with Crippen molar-refractivity contribution in [1.29, 1.82) is 0 Å². The number of benzene rings is 1. The monoisotopic (exact) mass is 225 g/mol. The van der Waals surface area contributed by atoms with E-state index in [1.54, 1.807) is 0 Å². The van der Waals surface area contributed by atoms with E-state index in [4.69, 9.17) is 5.73 Å². The van der Waals surface area contributed by atoms with E-state index in [9.17, 15) is 17.6 Å². The summed E-state index contributed by atoms with van der Waals surface area (Å²) in [6.45, 7) is 0. The zero-order chi connectivity index (χ0) is 10.8. The lowest BCUT2D eigenvalue weighted by atomic mass is 10.3. The largest absolute Gasteiger partial charge is 0.399 e. The van der Waals surface area contributed by atoms with Crippen LogP contribution in [0.1, 0.15) is 0 Å². The first-order chi connectivity index (χ1) is 6.37. The van der Waals surface area contributed by atoms with Gasteiger partial charge in [0.25, 0.3) is 0 Å². The van der Waals surface area contributed by atoms with Crippen LogP contribution in [0.25, 0.3) is 0 Å². The minimum absolute atomic E-state index is 0.120. The molecule has 0 saturated heterocycles. The molecule has 1 rings (SSSR count). The fraction of sp³-hybridized carbons (Fsp3) is 0.250. The summed E-state index contributed by atoms with van der Waals surface area (Å²) in [4.78, 5) is 0.180. The number of thioether (sulfide) groups is 1. The standard InChI is InChI=1S/C8H7F4NS/c9-5-1-6(13)3-7(2-5)14-4-8(10,11)12/h1-3H,4,13H2. The average molecular weight is 225 g/mol. The maximum atomic E-state index is 12.7. The summed E-state index contributed by atoms with van der Waals surface area (Å²) in [5.74, 6) is -1.68. The van der Waals surface area contributed by atoms with Crippen molar-refractivity contribution in [2.75, 3.05) is 11.5 Å². The Morgan fingerprint density at radius 2 is 1.86 bits per heavy atom. The van der Waals surface area contributed by atoms with E-state index in [0.717, 1.165) is 12.1 Å². The molecule has 0 fully saturated rings. The molecule has 1 aromatic rings. The highest BCUT2D eigenvalue weighted by atomic mass is 32.2. The predicted molar refractivity (Wildman–Crippen MR) is 47.6 cm³/mol. The van der Waals surface area contributed by atoms with Crippen molar-refractivity contribution < 1.29 is 17.6 Å². The van der Waals surface area contributed by atoms with Gasteiger partial charge < -0.3 is 5.73 Å². The van der Waals surface area contributed by atoms with E-state index in [-0.39, 0.29) is 10.6 Å². The maximum absolute atomic E-state index is 12.7. The van der Waals surface area contributed by atoms with Gasteiger partial charge >= 0.3 is 6.18 Å². The van der Waals surface area contributed by atoms with Crippen LogP contribution in [0, 0.1) is 5.82 Å². The number of rotatable bonds is 2. The Kier molecular flexibility index (Phi) is 3.25. The van der Waals surface area contributed by atoms with Crippen LogP contribution in [-0.4, -0.2) is 11.9 Å². The molecule has 0 bridgehead atoms. The van der Waals surface area contributed by atoms with Crippen LogP contribution in [-0.2, 0) is 0 Å². The molecule has 0 aromatic heterocycles. The number of hydrogen-bond donors (Lipinski definition) is 1. The first-order valence-corrected chi connectivity index (χ1v) is 4.61. The molecule has 6 heteroatoms. The Hall–Kier alpha value is -0.910. The fourth-order valence-corrected chi connectivity index (χ4v) is 1.58. The highest BCUT2D eigenvalue weighted by Crippen LogP contribution is 2.28. The third-order valence-electron chi connectivity index (χ3n) is 1.30. The first-order valence-electron chi connectivity index (χ1n) is 3.62. The molecule has 0 unspecified atom stereocenters. The number of hydrogen-bond acceptors (Lipinski definition) is 2. The van der Waals surface area contributed by atoms with Crippen molar-refractivity contribution in [2.24, 2.45) is 0 Å². The quantitative estimate of drug-likeness (QED) is 0.475. The van der Waals surface area contributed by atoms with Crippen LogP contribution < -0.4 is 5.73 Å². The van der Waals surface area contributed by atoms with Gasteiger partial charge in [-0.2, -0.15) is 13.2 Å². The molecule has 1 nitrogen and oxygen atoms in total. The molecule has 0 spiro atoms. The van der Waals surface area contributed by atoms with Gasteiger partial charge in [0.05, 0.1) is 5.75 Å². The van der Waals surface area contributed by atoms with E-state index in [0.29, 0.717) is 11.8 Å². The highest BCUT2D eigenvalue weighted by molar-refractivity contribution is 7.99. The minimum atomic E-state index is -4.26. The number of nitrogen functional groups attached to an aromatic ring is 1. The molecular formula is C8H7F4NS. The molecule has 0 aliphatic rings. The normalized spacial score (nSPS) is 11.7. The summed E-state index contributed by atoms with van der Waals surface area (Å²) in [5, 5.41) is 0. The van der Waals surface area contributed by atoms with E-state index in [2.05, 4.69) is 0 Å². The Bertz CT molecular complexity index is 303. The van der Waals surface area contributed by atoms with E-state index < -0.39 is 17.7 Å². The van der Waals surface area contributed by atoms with Crippen molar-refractivity contribution in [1.82, 2.24) is 0 Å². The van der Waals surface area contributed by atoms with Gasteiger partial charge in [-0.15, -0.1) is 11.8 Å². The van der Waals surface area contributed by atoms with Crippen molar-refractivity contribution in [3.63, 3.8) is 0 Å². The summed E-state index contributed by atoms with van der Waals surface area (Å²) in [6.07, 6.45) is -4.26. The smallest absolute Gasteiger partial charge is 0.398 e. The Morgan fingerprint density at radius 3 is 2.36 bits per heavy atom. The summed E-state index contributed by atoms with van der Waals surface area (Å²) in [7, 11) is 0. The molecule has 14 heavy (non-hydrogen) atoms. The summed E-state index contributed by atoms with van der Waals surface area (Å²) in [5.41, 5.74) is 5.38. The molecule has 0 amide bonds. The van der Waals surface area contributed by atoms with Crippen molar-refractivity contribution in [3.05, 3.63) is 24.0 Å². The SMILES string of the molecule is Nc1cc(F)cc(SCC(F)(F)F)c1. The lowest BCUT2D eigenvalue weighted by Gasteiger charge is -2.06. The fourth-order valence-electron chi connectivity index (χ4n) is 0.833. The van der Waals surface area contributed by atoms with Crippen LogP contribution in [0.4, 0.5) is 23.2 Å². The lowest BCUT2D eigenvalue weighted by molar-refractivity contribution is -0.105. The van der Waals surface area contributed by atoms with Crippen LogP contribution in [0.15, 0.2) is 23.1 Å². The molecule has 0 aliphatic carbocycles. The second-order valence-electron chi connectivity index (χ2n) is 2.62. The summed E-state index contributed by atoms with van der Waals surface area (Å²) < 4.78 is 48.1. The van der Waals surface area contributed by atoms with Gasteiger partial charge in [-0.3, -0.25) is 0 Å². The van der Waals surface area contributed by atoms with Crippen molar-refractivity contribution in [2.45, 2.75) is 11.1 Å². The number of halogens is 4. The topological polar surface area (TPSA) is 26.0 Å². The molecule has 0 heterocycles. The molecule has 0 aliphatic heterocycles. The average Bonchev–Trinajstić information content (AvgIpc) is 1.97. The molecule has 0 saturated carbocycles. The van der Waals surface area contributed by atoms with Crippen LogP contribution >= 0.6 is 11.8 Å². The van der Waals surface area contributed by atoms with Gasteiger partial charge in [0.2, 0.25) is 0 Å². The van der Waals surface area contributed by atoms with Gasteiger partial charge in [0, 0.05) is 10.6 Å². The zero-order valence-corrected chi connectivity index (χ0v) is 7.75. The van der Waals surface area contributed by atoms with E-state index in [1.807, 2.05) is 0 Å². The van der Waals surface area contributed by atoms with Crippen molar-refractivity contribution in [3.8, 4) is 0 Å². The molecule has 0 atom stereocenters. The van der Waals surface area contributed by atoms with Crippen molar-refractivity contribution >= 4 is 17.4 Å². The first kappa shape index (κ1) is 11.2. The van der Waals surface area contributed by atoms with Gasteiger partial charge in [0.15, 0.2) is 0 Å². The Balaban J connectivity index is 2.68. The van der Waals surface area contributed by atoms with Crippen LogP contribution in [0.2, 0.25) is 0 Å². The summed E-state index contributed by atoms with van der Waals surface area (Å²) >= 11 is 0.511. The minimum Gasteiger partial charge on any atom is -0.399 e. The van der Waals surface area contributed by atoms with Gasteiger partial charge in [-0.1, -0.05) is 0 Å². The molecule has 0 radical (unpaired) electrons. The molecule has 78 valence electrons. The maximum Gasteiger partial charge on any atom is 0.398 e. The third-order valence-corrected chi connectivity index (χ3v) is 2.34. The van der Waals surface area contributed by atoms with E-state index >= 15 is 0 Å². The predicted octanol–water partition coefficient (Wildman–Crippen LogP) is 3.06. The lowest BCUT2D eigenvalue weighted by Crippen LogP contribution is -2.10. The zero-order valence-electron chi connectivity index (χ0n) is 6.94. The summed E-state index contributed by atoms with van der Waals surface area (Å²) in [6, 6.07) is 3.38. The second-order valence-corrected chi connectivity index (χ2v) is 3.67. The molecule has 2 N–H and O–H groups in total. The van der Waals surface area contributed by atoms with Crippen LogP contribution in [0.5, 0.6) is 0 Å². The highest BCUT2D eigenvalue weighted by Gasteiger charge is 2.27. The van der Waals surface area contributed by atoms with Gasteiger partial charge in [0.1, 0.15) is 5.82 Å². The second kappa shape index (κ2) is 4.08.